The third-order valence-electron chi connectivity index (χ3n) is 5.35. The highest BCUT2D eigenvalue weighted by Crippen LogP contribution is 2.28. The molecule has 0 radical (unpaired) electrons. The summed E-state index contributed by atoms with van der Waals surface area (Å²) in [6.45, 7) is 9.81. The Hall–Kier alpha value is -2.62. The maximum absolute atomic E-state index is 12.5. The molecule has 0 aliphatic rings. The minimum Gasteiger partial charge on any atom is -0.355 e. The van der Waals surface area contributed by atoms with E-state index in [1.54, 1.807) is 0 Å². The zero-order valence-electron chi connectivity index (χ0n) is 18.1. The number of rotatable bonds is 9. The molecule has 0 saturated carbocycles. The van der Waals surface area contributed by atoms with Crippen LogP contribution in [0.15, 0.2) is 48.5 Å². The van der Waals surface area contributed by atoms with Crippen molar-refractivity contribution in [3.05, 3.63) is 65.5 Å². The third kappa shape index (κ3) is 5.26. The lowest BCUT2D eigenvalue weighted by Gasteiger charge is -2.16. The van der Waals surface area contributed by atoms with Gasteiger partial charge in [-0.2, -0.15) is 0 Å². The molecule has 0 fully saturated rings. The van der Waals surface area contributed by atoms with Crippen molar-refractivity contribution < 1.29 is 4.79 Å². The van der Waals surface area contributed by atoms with E-state index in [9.17, 15) is 4.79 Å². The van der Waals surface area contributed by atoms with Gasteiger partial charge in [-0.1, -0.05) is 70.5 Å². The van der Waals surface area contributed by atoms with E-state index in [4.69, 9.17) is 4.98 Å². The Bertz CT molecular complexity index is 940. The predicted molar refractivity (Wildman–Crippen MR) is 120 cm³/mol. The lowest BCUT2D eigenvalue weighted by atomic mass is 9.96. The molecule has 1 atom stereocenters. The number of unbranched alkanes of at least 4 members (excludes halogenated alkanes) is 1. The van der Waals surface area contributed by atoms with Gasteiger partial charge in [0.1, 0.15) is 12.4 Å². The van der Waals surface area contributed by atoms with Crippen molar-refractivity contribution >= 4 is 16.9 Å². The Morgan fingerprint density at radius 1 is 1.07 bits per heavy atom. The number of para-hydroxylation sites is 2. The van der Waals surface area contributed by atoms with E-state index in [2.05, 4.69) is 61.8 Å². The summed E-state index contributed by atoms with van der Waals surface area (Å²) in [4.78, 5) is 17.4. The van der Waals surface area contributed by atoms with Crippen molar-refractivity contribution in [1.82, 2.24) is 14.9 Å². The Labute approximate surface area is 174 Å². The summed E-state index contributed by atoms with van der Waals surface area (Å²) in [5.41, 5.74) is 4.53. The summed E-state index contributed by atoms with van der Waals surface area (Å²) in [5.74, 6) is 1.74. The first-order chi connectivity index (χ1) is 14.0. The summed E-state index contributed by atoms with van der Waals surface area (Å²) in [6.07, 6.45) is 3.16. The van der Waals surface area contributed by atoms with Crippen LogP contribution in [0.3, 0.4) is 0 Å². The fourth-order valence-corrected chi connectivity index (χ4v) is 3.76. The fraction of sp³-hybridized carbons (Fsp3) is 0.440. The summed E-state index contributed by atoms with van der Waals surface area (Å²) in [6, 6.07) is 16.9. The van der Waals surface area contributed by atoms with Crippen LogP contribution in [0.25, 0.3) is 11.0 Å². The molecule has 1 N–H and O–H groups in total. The minimum atomic E-state index is 0.0438. The van der Waals surface area contributed by atoms with Crippen LogP contribution in [0.2, 0.25) is 0 Å². The highest BCUT2D eigenvalue weighted by atomic mass is 16.1. The normalized spacial score (nSPS) is 12.4. The predicted octanol–water partition coefficient (Wildman–Crippen LogP) is 5.30. The number of fused-ring (bicyclic) bond motifs is 1. The van der Waals surface area contributed by atoms with Crippen molar-refractivity contribution in [2.45, 2.75) is 59.4 Å². The smallest absolute Gasteiger partial charge is 0.240 e. The van der Waals surface area contributed by atoms with Gasteiger partial charge in [0.15, 0.2) is 0 Å². The van der Waals surface area contributed by atoms with Crippen LogP contribution in [0.4, 0.5) is 0 Å². The molecule has 1 unspecified atom stereocenters. The van der Waals surface area contributed by atoms with Gasteiger partial charge in [0, 0.05) is 12.5 Å². The van der Waals surface area contributed by atoms with Gasteiger partial charge < -0.3 is 9.88 Å². The molecule has 3 rings (SSSR count). The van der Waals surface area contributed by atoms with Crippen LogP contribution in [0, 0.1) is 5.92 Å². The molecule has 0 aliphatic carbocycles. The molecule has 2 aromatic carbocycles. The van der Waals surface area contributed by atoms with Crippen LogP contribution >= 0.6 is 0 Å². The van der Waals surface area contributed by atoms with Crippen molar-refractivity contribution in [1.29, 1.82) is 0 Å². The molecule has 1 heterocycles. The van der Waals surface area contributed by atoms with Gasteiger partial charge in [-0.3, -0.25) is 4.79 Å². The molecule has 1 aromatic heterocycles. The maximum Gasteiger partial charge on any atom is 0.240 e. The number of nitrogens with one attached hydrogen (secondary N) is 1. The highest BCUT2D eigenvalue weighted by molar-refractivity contribution is 5.81. The second kappa shape index (κ2) is 9.73. The van der Waals surface area contributed by atoms with Crippen molar-refractivity contribution in [3.8, 4) is 0 Å². The Kier molecular flexibility index (Phi) is 7.08. The summed E-state index contributed by atoms with van der Waals surface area (Å²) >= 11 is 0. The lowest BCUT2D eigenvalue weighted by Crippen LogP contribution is -2.29. The van der Waals surface area contributed by atoms with Crippen molar-refractivity contribution in [2.24, 2.45) is 5.92 Å². The van der Waals surface area contributed by atoms with E-state index >= 15 is 0 Å². The van der Waals surface area contributed by atoms with Crippen LogP contribution in [-0.4, -0.2) is 22.0 Å². The van der Waals surface area contributed by atoms with E-state index in [1.807, 2.05) is 24.3 Å². The standard InChI is InChI=1S/C25H33N3O/c1-5-6-15-26-24(29)17-28-23-10-8-7-9-22(23)27-25(28)19(4)21-13-11-20(12-14-21)16-18(2)3/h7-14,18-19H,5-6,15-17H2,1-4H3,(H,26,29). The molecule has 0 bridgehead atoms. The Morgan fingerprint density at radius 3 is 2.48 bits per heavy atom. The first-order valence-electron chi connectivity index (χ1n) is 10.8. The monoisotopic (exact) mass is 391 g/mol. The lowest BCUT2D eigenvalue weighted by molar-refractivity contribution is -0.121. The molecule has 1 amide bonds. The second-order valence-corrected chi connectivity index (χ2v) is 8.31. The van der Waals surface area contributed by atoms with E-state index in [-0.39, 0.29) is 11.8 Å². The topological polar surface area (TPSA) is 46.9 Å². The van der Waals surface area contributed by atoms with Gasteiger partial charge >= 0.3 is 0 Å². The fourth-order valence-electron chi connectivity index (χ4n) is 3.76. The van der Waals surface area contributed by atoms with Crippen molar-refractivity contribution in [2.75, 3.05) is 6.54 Å². The number of benzene rings is 2. The maximum atomic E-state index is 12.5. The first-order valence-corrected chi connectivity index (χ1v) is 10.8. The highest BCUT2D eigenvalue weighted by Gasteiger charge is 2.19. The van der Waals surface area contributed by atoms with Crippen LogP contribution < -0.4 is 5.32 Å². The van der Waals surface area contributed by atoms with Crippen molar-refractivity contribution in [3.63, 3.8) is 0 Å². The van der Waals surface area contributed by atoms with E-state index in [0.29, 0.717) is 12.5 Å². The summed E-state index contributed by atoms with van der Waals surface area (Å²) in [7, 11) is 0. The Morgan fingerprint density at radius 2 is 1.79 bits per heavy atom. The molecule has 0 aliphatic heterocycles. The van der Waals surface area contributed by atoms with Crippen LogP contribution in [0.5, 0.6) is 0 Å². The molecule has 0 spiro atoms. The van der Waals surface area contributed by atoms with E-state index in [1.165, 1.54) is 11.1 Å². The summed E-state index contributed by atoms with van der Waals surface area (Å²) in [5, 5.41) is 3.03. The number of carbonyl (C=O) groups excluding carboxylic acids is 1. The molecular weight excluding hydrogens is 358 g/mol. The number of hydrogen-bond acceptors (Lipinski definition) is 2. The quantitative estimate of drug-likeness (QED) is 0.503. The van der Waals surface area contributed by atoms with E-state index in [0.717, 1.165) is 42.7 Å². The zero-order valence-corrected chi connectivity index (χ0v) is 18.1. The molecule has 29 heavy (non-hydrogen) atoms. The molecule has 4 nitrogen and oxygen atoms in total. The van der Waals surface area contributed by atoms with E-state index < -0.39 is 0 Å². The number of nitrogens with zero attached hydrogens (tertiary/aromatic N) is 2. The van der Waals surface area contributed by atoms with Gasteiger partial charge in [-0.15, -0.1) is 0 Å². The zero-order chi connectivity index (χ0) is 20.8. The molecule has 0 saturated heterocycles. The van der Waals surface area contributed by atoms with Crippen LogP contribution in [-0.2, 0) is 17.8 Å². The molecular formula is C25H33N3O. The number of carbonyl (C=O) groups is 1. The number of hydrogen-bond donors (Lipinski definition) is 1. The molecule has 154 valence electrons. The van der Waals surface area contributed by atoms with Crippen LogP contribution in [0.1, 0.15) is 63.4 Å². The minimum absolute atomic E-state index is 0.0438. The Balaban J connectivity index is 1.88. The third-order valence-corrected chi connectivity index (χ3v) is 5.35. The first kappa shape index (κ1) is 21.1. The van der Waals surface area contributed by atoms with Gasteiger partial charge in [0.2, 0.25) is 5.91 Å². The SMILES string of the molecule is CCCCNC(=O)Cn1c(C(C)c2ccc(CC(C)C)cc2)nc2ccccc21. The molecule has 4 heteroatoms. The average molecular weight is 392 g/mol. The second-order valence-electron chi connectivity index (χ2n) is 8.31. The number of imidazole rings is 1. The molecule has 3 aromatic rings. The number of aromatic nitrogens is 2. The largest absolute Gasteiger partial charge is 0.355 e. The van der Waals surface area contributed by atoms with Gasteiger partial charge in [-0.25, -0.2) is 4.98 Å². The van der Waals surface area contributed by atoms with Gasteiger partial charge in [0.05, 0.1) is 11.0 Å². The number of amides is 1. The average Bonchev–Trinajstić information content (AvgIpc) is 3.06. The summed E-state index contributed by atoms with van der Waals surface area (Å²) < 4.78 is 2.07. The van der Waals surface area contributed by atoms with Gasteiger partial charge in [-0.05, 0) is 42.0 Å². The van der Waals surface area contributed by atoms with Gasteiger partial charge in [0.25, 0.3) is 0 Å².